The Morgan fingerprint density at radius 3 is 2.17 bits per heavy atom. The average molecular weight is 591 g/mol. The molecule has 0 radical (unpaired) electrons. The lowest BCUT2D eigenvalue weighted by molar-refractivity contribution is -0.124. The summed E-state index contributed by atoms with van der Waals surface area (Å²) in [6, 6.07) is 2.51. The molecule has 40 heavy (non-hydrogen) atoms. The van der Waals surface area contributed by atoms with Gasteiger partial charge in [-0.25, -0.2) is 4.79 Å². The molecule has 1 aliphatic heterocycles. The fourth-order valence-corrected chi connectivity index (χ4v) is 9.21. The molecule has 2 heterocycles. The van der Waals surface area contributed by atoms with Gasteiger partial charge >= 0.3 is 5.97 Å². The normalized spacial score (nSPS) is 31.2. The lowest BCUT2D eigenvalue weighted by Gasteiger charge is -2.41. The number of carboxylic acids is 1. The van der Waals surface area contributed by atoms with Crippen molar-refractivity contribution >= 4 is 36.3 Å². The number of hydrogen-bond acceptors (Lipinski definition) is 6. The number of hydrogen-bond donors (Lipinski definition) is 2. The molecule has 222 valence electrons. The molecule has 2 saturated carbocycles. The van der Waals surface area contributed by atoms with Crippen LogP contribution in [0.1, 0.15) is 106 Å². The van der Waals surface area contributed by atoms with Crippen molar-refractivity contribution in [1.82, 2.24) is 5.32 Å². The summed E-state index contributed by atoms with van der Waals surface area (Å²) in [7, 11) is -0.881. The van der Waals surface area contributed by atoms with Gasteiger partial charge in [0.2, 0.25) is 13.3 Å². The number of nitrogens with one attached hydrogen (secondary N) is 1. The quantitative estimate of drug-likeness (QED) is 0.263. The van der Waals surface area contributed by atoms with Crippen LogP contribution in [0.25, 0.3) is 0 Å². The van der Waals surface area contributed by atoms with Crippen LogP contribution in [-0.2, 0) is 13.9 Å². The van der Waals surface area contributed by atoms with Crippen molar-refractivity contribution in [2.45, 2.75) is 110 Å². The Kier molecular flexibility index (Phi) is 10.3. The van der Waals surface area contributed by atoms with Crippen molar-refractivity contribution in [1.29, 1.82) is 0 Å². The maximum absolute atomic E-state index is 14.1. The summed E-state index contributed by atoms with van der Waals surface area (Å²) in [4.78, 5) is 29.3. The largest absolute Gasteiger partial charge is 0.477 e. The minimum absolute atomic E-state index is 0.0268. The number of rotatable bonds is 7. The van der Waals surface area contributed by atoms with Gasteiger partial charge in [-0.3, -0.25) is 9.36 Å². The Bertz CT molecular complexity index is 1150. The van der Waals surface area contributed by atoms with Gasteiger partial charge < -0.3 is 19.8 Å². The second kappa shape index (κ2) is 13.1. The van der Waals surface area contributed by atoms with E-state index in [9.17, 15) is 19.3 Å². The highest BCUT2D eigenvalue weighted by molar-refractivity contribution is 7.59. The first-order valence-corrected chi connectivity index (χ1v) is 17.8. The first kappa shape index (κ1) is 31.3. The van der Waals surface area contributed by atoms with Gasteiger partial charge in [-0.1, -0.05) is 18.8 Å². The molecular weight excluding hydrogens is 543 g/mol. The number of thiophene rings is 1. The molecule has 1 aromatic heterocycles. The standard InChI is InChI=1S/C31H47N2O5PS/c1-21-6-8-22(9-7-21)29(34)33(27-20-26(14-17-31(2,3)4)40-28(27)30(35)36)25-12-10-23(11-13-25)32-24-15-18-39(37,38-5)19-16-24/h20-25,32H,6-13,15-16,18-19H2,1-5H3,(H,35,36). The average Bonchev–Trinajstić information content (AvgIpc) is 3.34. The second-order valence-corrected chi connectivity index (χ2v) is 17.1. The zero-order valence-electron chi connectivity index (χ0n) is 24.8. The van der Waals surface area contributed by atoms with E-state index in [0.717, 1.165) is 64.2 Å². The zero-order chi connectivity index (χ0) is 29.1. The number of amides is 1. The van der Waals surface area contributed by atoms with Crippen molar-refractivity contribution in [3.8, 4) is 11.8 Å². The van der Waals surface area contributed by atoms with Gasteiger partial charge in [0.1, 0.15) is 4.88 Å². The van der Waals surface area contributed by atoms with Crippen LogP contribution in [0.2, 0.25) is 0 Å². The number of carboxylic acid groups (broad SMARTS) is 1. The van der Waals surface area contributed by atoms with Crippen LogP contribution in [-0.4, -0.2) is 54.5 Å². The molecule has 3 fully saturated rings. The summed E-state index contributed by atoms with van der Waals surface area (Å²) in [5.74, 6) is 6.05. The second-order valence-electron chi connectivity index (χ2n) is 13.2. The van der Waals surface area contributed by atoms with E-state index in [-0.39, 0.29) is 28.2 Å². The number of carbonyl (C=O) groups excluding carboxylic acids is 1. The molecule has 1 aromatic rings. The van der Waals surface area contributed by atoms with E-state index >= 15 is 0 Å². The number of anilines is 1. The fraction of sp³-hybridized carbons (Fsp3) is 0.742. The Labute approximate surface area is 244 Å². The predicted molar refractivity (Wildman–Crippen MR) is 163 cm³/mol. The van der Waals surface area contributed by atoms with Crippen molar-refractivity contribution < 1.29 is 23.8 Å². The minimum Gasteiger partial charge on any atom is -0.477 e. The molecule has 0 atom stereocenters. The van der Waals surface area contributed by atoms with Gasteiger partial charge in [0.25, 0.3) is 0 Å². The lowest BCUT2D eigenvalue weighted by Crippen LogP contribution is -2.50. The zero-order valence-corrected chi connectivity index (χ0v) is 26.5. The van der Waals surface area contributed by atoms with Gasteiger partial charge in [0, 0.05) is 48.9 Å². The summed E-state index contributed by atoms with van der Waals surface area (Å²) >= 11 is 1.18. The number of carbonyl (C=O) groups is 2. The highest BCUT2D eigenvalue weighted by atomic mass is 32.1. The van der Waals surface area contributed by atoms with Gasteiger partial charge in [-0.15, -0.1) is 11.3 Å². The van der Waals surface area contributed by atoms with Gasteiger partial charge in [-0.05, 0) is 97.0 Å². The number of aromatic carboxylic acids is 1. The smallest absolute Gasteiger partial charge is 0.348 e. The molecule has 1 amide bonds. The van der Waals surface area contributed by atoms with Crippen LogP contribution in [0.3, 0.4) is 0 Å². The van der Waals surface area contributed by atoms with Crippen LogP contribution in [0.5, 0.6) is 0 Å². The first-order chi connectivity index (χ1) is 18.9. The summed E-state index contributed by atoms with van der Waals surface area (Å²) in [6.07, 6.45) is 10.3. The molecule has 2 N–H and O–H groups in total. The molecule has 3 aliphatic rings. The van der Waals surface area contributed by atoms with Crippen LogP contribution in [0, 0.1) is 29.1 Å². The monoisotopic (exact) mass is 590 g/mol. The summed E-state index contributed by atoms with van der Waals surface area (Å²) < 4.78 is 17.8. The van der Waals surface area contributed by atoms with Crippen molar-refractivity contribution in [2.75, 3.05) is 24.3 Å². The summed E-state index contributed by atoms with van der Waals surface area (Å²) in [6.45, 7) is 8.34. The molecular formula is C31H47N2O5PS. The molecule has 4 rings (SSSR count). The van der Waals surface area contributed by atoms with Gasteiger partial charge in [-0.2, -0.15) is 0 Å². The fourth-order valence-electron chi connectivity index (χ4n) is 6.37. The van der Waals surface area contributed by atoms with E-state index in [1.54, 1.807) is 7.11 Å². The van der Waals surface area contributed by atoms with Gasteiger partial charge in [0.15, 0.2) is 0 Å². The summed E-state index contributed by atoms with van der Waals surface area (Å²) in [5.41, 5.74) is 0.324. The number of nitrogens with zero attached hydrogens (tertiary/aromatic N) is 1. The molecule has 0 bridgehead atoms. The maximum atomic E-state index is 14.1. The van der Waals surface area contributed by atoms with E-state index in [4.69, 9.17) is 4.52 Å². The molecule has 9 heteroatoms. The Morgan fingerprint density at radius 1 is 1.02 bits per heavy atom. The molecule has 7 nitrogen and oxygen atoms in total. The molecule has 0 spiro atoms. The van der Waals surface area contributed by atoms with E-state index < -0.39 is 13.3 Å². The highest BCUT2D eigenvalue weighted by Gasteiger charge is 2.38. The van der Waals surface area contributed by atoms with E-state index in [2.05, 4.69) is 24.1 Å². The third kappa shape index (κ3) is 8.00. The van der Waals surface area contributed by atoms with Crippen LogP contribution in [0.4, 0.5) is 5.69 Å². The third-order valence-electron chi connectivity index (χ3n) is 8.83. The molecule has 2 aliphatic carbocycles. The van der Waals surface area contributed by atoms with E-state index in [0.29, 0.717) is 40.9 Å². The van der Waals surface area contributed by atoms with Crippen molar-refractivity contribution in [2.24, 2.45) is 17.3 Å². The Morgan fingerprint density at radius 2 is 1.62 bits per heavy atom. The maximum Gasteiger partial charge on any atom is 0.348 e. The van der Waals surface area contributed by atoms with Crippen LogP contribution < -0.4 is 10.2 Å². The topological polar surface area (TPSA) is 95.9 Å². The van der Waals surface area contributed by atoms with E-state index in [1.165, 1.54) is 11.3 Å². The van der Waals surface area contributed by atoms with Crippen molar-refractivity contribution in [3.63, 3.8) is 0 Å². The first-order valence-electron chi connectivity index (χ1n) is 15.0. The molecule has 1 saturated heterocycles. The SMILES string of the molecule is COP1(=O)CCC(NC2CCC(N(C(=O)C3CCC(C)CC3)c3cc(C#CC(C)(C)C)sc3C(=O)O)CC2)CC1. The molecule has 0 unspecified atom stereocenters. The highest BCUT2D eigenvalue weighted by Crippen LogP contribution is 2.50. The lowest BCUT2D eigenvalue weighted by atomic mass is 9.81. The van der Waals surface area contributed by atoms with Crippen molar-refractivity contribution in [3.05, 3.63) is 15.8 Å². The minimum atomic E-state index is -2.44. The van der Waals surface area contributed by atoms with Crippen LogP contribution >= 0.6 is 18.7 Å². The Hall–Kier alpha value is -1.65. The predicted octanol–water partition coefficient (Wildman–Crippen LogP) is 6.99. The molecule has 0 aromatic carbocycles. The van der Waals surface area contributed by atoms with Gasteiger partial charge in [0.05, 0.1) is 10.6 Å². The van der Waals surface area contributed by atoms with Crippen LogP contribution in [0.15, 0.2) is 6.07 Å². The summed E-state index contributed by atoms with van der Waals surface area (Å²) in [5, 5.41) is 13.9. The van der Waals surface area contributed by atoms with E-state index in [1.807, 2.05) is 31.7 Å². The Balaban J connectivity index is 1.53. The third-order valence-corrected chi connectivity index (χ3v) is 12.4.